The number of benzene rings is 2. The van der Waals surface area contributed by atoms with Crippen molar-refractivity contribution in [3.8, 4) is 5.69 Å². The second-order valence-electron chi connectivity index (χ2n) is 7.49. The third-order valence-electron chi connectivity index (χ3n) is 5.00. The first-order valence-electron chi connectivity index (χ1n) is 9.88. The van der Waals surface area contributed by atoms with E-state index in [1.165, 1.54) is 0 Å². The molecule has 168 valence electrons. The van der Waals surface area contributed by atoms with Gasteiger partial charge in [0.15, 0.2) is 0 Å². The van der Waals surface area contributed by atoms with Crippen molar-refractivity contribution >= 4 is 43.8 Å². The van der Waals surface area contributed by atoms with Crippen LogP contribution in [0.3, 0.4) is 0 Å². The molecule has 3 aromatic rings. The molecule has 0 fully saturated rings. The van der Waals surface area contributed by atoms with Crippen LogP contribution in [-0.4, -0.2) is 37.9 Å². The van der Waals surface area contributed by atoms with Crippen LogP contribution in [0.1, 0.15) is 22.5 Å². The van der Waals surface area contributed by atoms with Crippen LogP contribution in [0.5, 0.6) is 0 Å². The molecule has 1 aromatic heterocycles. The minimum Gasteiger partial charge on any atom is -0.318 e. The number of sulfonamides is 1. The van der Waals surface area contributed by atoms with Gasteiger partial charge in [0.05, 0.1) is 18.2 Å². The average Bonchev–Trinajstić information content (AvgIpc) is 2.99. The number of para-hydroxylation sites is 1. The van der Waals surface area contributed by atoms with Gasteiger partial charge in [0.25, 0.3) is 5.91 Å². The van der Waals surface area contributed by atoms with Gasteiger partial charge in [0.2, 0.25) is 10.0 Å². The Morgan fingerprint density at radius 3 is 2.50 bits per heavy atom. The van der Waals surface area contributed by atoms with E-state index >= 15 is 0 Å². The van der Waals surface area contributed by atoms with Crippen LogP contribution in [-0.2, 0) is 14.8 Å². The Morgan fingerprint density at radius 2 is 1.84 bits per heavy atom. The Labute approximate surface area is 196 Å². The van der Waals surface area contributed by atoms with Gasteiger partial charge < -0.3 is 4.57 Å². The Hall–Kier alpha value is -2.91. The number of anilines is 1. The number of nitrogens with one attached hydrogen (secondary N) is 1. The fraction of sp³-hybridized carbons (Fsp3) is 0.217. The Morgan fingerprint density at radius 1 is 1.12 bits per heavy atom. The minimum atomic E-state index is -3.64. The van der Waals surface area contributed by atoms with Crippen LogP contribution < -0.4 is 9.73 Å². The summed E-state index contributed by atoms with van der Waals surface area (Å²) in [6, 6.07) is 17.0. The van der Waals surface area contributed by atoms with E-state index in [1.54, 1.807) is 31.3 Å². The van der Waals surface area contributed by atoms with Gasteiger partial charge in [-0.1, -0.05) is 40.2 Å². The number of amides is 1. The van der Waals surface area contributed by atoms with E-state index in [2.05, 4.69) is 31.0 Å². The summed E-state index contributed by atoms with van der Waals surface area (Å²) < 4.78 is 28.7. The highest BCUT2D eigenvalue weighted by molar-refractivity contribution is 9.10. The first-order chi connectivity index (χ1) is 15.1. The van der Waals surface area contributed by atoms with Gasteiger partial charge in [-0.3, -0.25) is 9.10 Å². The number of nitrogens with zero attached hydrogens (tertiary/aromatic N) is 3. The Balaban J connectivity index is 1.75. The van der Waals surface area contributed by atoms with Crippen molar-refractivity contribution < 1.29 is 13.2 Å². The number of carbonyl (C=O) groups excluding carboxylic acids is 1. The summed E-state index contributed by atoms with van der Waals surface area (Å²) in [7, 11) is -3.64. The molecule has 0 spiro atoms. The Bertz CT molecular complexity index is 1280. The van der Waals surface area contributed by atoms with Crippen molar-refractivity contribution in [2.75, 3.05) is 17.1 Å². The van der Waals surface area contributed by atoms with Gasteiger partial charge in [-0.05, 0) is 56.7 Å². The van der Waals surface area contributed by atoms with Gasteiger partial charge >= 0.3 is 0 Å². The molecule has 0 aliphatic rings. The summed E-state index contributed by atoms with van der Waals surface area (Å²) in [4.78, 5) is 12.4. The van der Waals surface area contributed by atoms with Crippen molar-refractivity contribution in [2.45, 2.75) is 20.8 Å². The maximum Gasteiger partial charge on any atom is 0.260 e. The van der Waals surface area contributed by atoms with Crippen molar-refractivity contribution in [1.29, 1.82) is 0 Å². The maximum absolute atomic E-state index is 12.4. The number of rotatable bonds is 7. The summed E-state index contributed by atoms with van der Waals surface area (Å²) in [5.41, 5.74) is 7.51. The molecule has 0 saturated heterocycles. The lowest BCUT2D eigenvalue weighted by molar-refractivity contribution is -0.119. The van der Waals surface area contributed by atoms with E-state index in [0.29, 0.717) is 5.69 Å². The lowest BCUT2D eigenvalue weighted by Crippen LogP contribution is -2.39. The second kappa shape index (κ2) is 9.70. The molecule has 9 heteroatoms. The Kier molecular flexibility index (Phi) is 7.20. The molecule has 0 saturated carbocycles. The number of aromatic nitrogens is 1. The molecular formula is C23H25BrN4O3S. The van der Waals surface area contributed by atoms with Gasteiger partial charge in [-0.15, -0.1) is 0 Å². The molecule has 0 unspecified atom stereocenters. The van der Waals surface area contributed by atoms with Crippen LogP contribution in [0.25, 0.3) is 5.69 Å². The SMILES string of the molecule is Cc1ccccc1N(CC(=O)N/N=C/c1cc(C)n(-c2cccc(Br)c2)c1C)S(C)(=O)=O. The summed E-state index contributed by atoms with van der Waals surface area (Å²) >= 11 is 3.49. The largest absolute Gasteiger partial charge is 0.318 e. The molecule has 0 aliphatic carbocycles. The monoisotopic (exact) mass is 516 g/mol. The zero-order chi connectivity index (χ0) is 23.5. The van der Waals surface area contributed by atoms with Crippen LogP contribution in [0.2, 0.25) is 0 Å². The van der Waals surface area contributed by atoms with E-state index in [0.717, 1.165) is 43.2 Å². The first kappa shape index (κ1) is 23.7. The minimum absolute atomic E-state index is 0.363. The molecule has 3 rings (SSSR count). The highest BCUT2D eigenvalue weighted by Crippen LogP contribution is 2.23. The summed E-state index contributed by atoms with van der Waals surface area (Å²) in [6.07, 6.45) is 2.64. The normalized spacial score (nSPS) is 11.7. The van der Waals surface area contributed by atoms with Crippen LogP contribution >= 0.6 is 15.9 Å². The quantitative estimate of drug-likeness (QED) is 0.379. The van der Waals surface area contributed by atoms with Gasteiger partial charge in [-0.2, -0.15) is 5.10 Å². The van der Waals surface area contributed by atoms with Gasteiger partial charge in [0.1, 0.15) is 6.54 Å². The maximum atomic E-state index is 12.4. The van der Waals surface area contributed by atoms with Crippen molar-refractivity contribution in [3.05, 3.63) is 81.6 Å². The smallest absolute Gasteiger partial charge is 0.260 e. The molecule has 1 N–H and O–H groups in total. The number of carbonyl (C=O) groups is 1. The number of hydrazone groups is 1. The standard InChI is InChI=1S/C23H25BrN4O3S/c1-16-8-5-6-11-22(16)27(32(4,30)31)15-23(29)26-25-14-19-12-17(2)28(18(19)3)21-10-7-9-20(24)13-21/h5-14H,15H2,1-4H3,(H,26,29)/b25-14+. The molecule has 0 bridgehead atoms. The molecule has 7 nitrogen and oxygen atoms in total. The summed E-state index contributed by atoms with van der Waals surface area (Å²) in [6.45, 7) is 5.40. The van der Waals surface area contributed by atoms with Crippen LogP contribution in [0.4, 0.5) is 5.69 Å². The summed E-state index contributed by atoms with van der Waals surface area (Å²) in [5.74, 6) is -0.532. The topological polar surface area (TPSA) is 83.8 Å². The highest BCUT2D eigenvalue weighted by atomic mass is 79.9. The number of aryl methyl sites for hydroxylation is 2. The van der Waals surface area contributed by atoms with Crippen molar-refractivity contribution in [2.24, 2.45) is 5.10 Å². The fourth-order valence-corrected chi connectivity index (χ4v) is 4.80. The third-order valence-corrected chi connectivity index (χ3v) is 6.62. The third kappa shape index (κ3) is 5.46. The molecule has 1 heterocycles. The van der Waals surface area contributed by atoms with E-state index in [1.807, 2.05) is 50.2 Å². The van der Waals surface area contributed by atoms with E-state index < -0.39 is 15.9 Å². The van der Waals surface area contributed by atoms with Crippen LogP contribution in [0.15, 0.2) is 64.2 Å². The zero-order valence-electron chi connectivity index (χ0n) is 18.3. The lowest BCUT2D eigenvalue weighted by Gasteiger charge is -2.23. The number of hydrogen-bond donors (Lipinski definition) is 1. The first-order valence-corrected chi connectivity index (χ1v) is 12.5. The number of hydrogen-bond acceptors (Lipinski definition) is 4. The van der Waals surface area contributed by atoms with E-state index in [4.69, 9.17) is 0 Å². The molecule has 2 aromatic carbocycles. The van der Waals surface area contributed by atoms with Crippen molar-refractivity contribution in [3.63, 3.8) is 0 Å². The van der Waals surface area contributed by atoms with Gasteiger partial charge in [-0.25, -0.2) is 13.8 Å². The average molecular weight is 517 g/mol. The lowest BCUT2D eigenvalue weighted by atomic mass is 10.2. The molecular weight excluding hydrogens is 492 g/mol. The molecule has 0 radical (unpaired) electrons. The van der Waals surface area contributed by atoms with Crippen molar-refractivity contribution in [1.82, 2.24) is 9.99 Å². The van der Waals surface area contributed by atoms with E-state index in [9.17, 15) is 13.2 Å². The number of halogens is 1. The fourth-order valence-electron chi connectivity index (χ4n) is 3.49. The molecule has 32 heavy (non-hydrogen) atoms. The predicted molar refractivity (Wildman–Crippen MR) is 132 cm³/mol. The zero-order valence-corrected chi connectivity index (χ0v) is 20.7. The summed E-state index contributed by atoms with van der Waals surface area (Å²) in [5, 5.41) is 4.05. The van der Waals surface area contributed by atoms with E-state index in [-0.39, 0.29) is 6.54 Å². The molecule has 0 aliphatic heterocycles. The van der Waals surface area contributed by atoms with Crippen LogP contribution in [0, 0.1) is 20.8 Å². The predicted octanol–water partition coefficient (Wildman–Crippen LogP) is 4.08. The molecule has 0 atom stereocenters. The highest BCUT2D eigenvalue weighted by Gasteiger charge is 2.22. The molecule has 1 amide bonds. The second-order valence-corrected chi connectivity index (χ2v) is 10.3. The van der Waals surface area contributed by atoms with Gasteiger partial charge in [0, 0.05) is 27.1 Å².